The fourth-order valence-corrected chi connectivity index (χ4v) is 2.41. The number of aromatic nitrogens is 2. The second-order valence-corrected chi connectivity index (χ2v) is 5.70. The molecule has 0 saturated carbocycles. The van der Waals surface area contributed by atoms with Gasteiger partial charge < -0.3 is 19.3 Å². The van der Waals surface area contributed by atoms with Gasteiger partial charge in [-0.15, -0.1) is 0 Å². The third-order valence-electron chi connectivity index (χ3n) is 3.62. The smallest absolute Gasteiger partial charge is 0.255 e. The quantitative estimate of drug-likeness (QED) is 0.713. The van der Waals surface area contributed by atoms with E-state index in [1.54, 1.807) is 49.6 Å². The van der Waals surface area contributed by atoms with Crippen molar-refractivity contribution in [1.29, 1.82) is 0 Å². The number of carbonyl (C=O) groups excluding carboxylic acids is 1. The first-order chi connectivity index (χ1) is 12.6. The minimum atomic E-state index is -0.323. The topological polar surface area (TPSA) is 86.5 Å². The molecule has 0 aliphatic rings. The number of methoxy groups -OCH3 is 2. The fraction of sp³-hybridized carbons (Fsp3) is 0.167. The Kier molecular flexibility index (Phi) is 5.38. The largest absolute Gasteiger partial charge is 0.497 e. The number of benzene rings is 2. The van der Waals surface area contributed by atoms with Crippen molar-refractivity contribution in [2.45, 2.75) is 6.54 Å². The van der Waals surface area contributed by atoms with Crippen LogP contribution in [0.3, 0.4) is 0 Å². The second-order valence-electron chi connectivity index (χ2n) is 5.27. The molecule has 0 aliphatic heterocycles. The zero-order valence-corrected chi connectivity index (χ0v) is 14.9. The van der Waals surface area contributed by atoms with Gasteiger partial charge in [-0.2, -0.15) is 4.98 Å². The summed E-state index contributed by atoms with van der Waals surface area (Å²) < 4.78 is 15.5. The minimum Gasteiger partial charge on any atom is -0.497 e. The molecule has 2 aromatic carbocycles. The summed E-state index contributed by atoms with van der Waals surface area (Å²) in [7, 11) is 3.03. The molecule has 1 aromatic heterocycles. The molecule has 134 valence electrons. The zero-order chi connectivity index (χ0) is 18.5. The minimum absolute atomic E-state index is 0.0919. The average Bonchev–Trinajstić information content (AvgIpc) is 3.15. The Morgan fingerprint density at radius 2 is 1.92 bits per heavy atom. The number of nitrogens with zero attached hydrogens (tertiary/aromatic N) is 2. The summed E-state index contributed by atoms with van der Waals surface area (Å²) >= 11 is 5.86. The average molecular weight is 374 g/mol. The summed E-state index contributed by atoms with van der Waals surface area (Å²) in [6.07, 6.45) is 0. The van der Waals surface area contributed by atoms with Crippen LogP contribution in [0.25, 0.3) is 11.4 Å². The molecule has 0 radical (unpaired) electrons. The number of rotatable bonds is 6. The zero-order valence-electron chi connectivity index (χ0n) is 14.2. The van der Waals surface area contributed by atoms with Gasteiger partial charge in [0.05, 0.1) is 26.3 Å². The first kappa shape index (κ1) is 17.8. The second kappa shape index (κ2) is 7.88. The van der Waals surface area contributed by atoms with Gasteiger partial charge in [-0.25, -0.2) is 0 Å². The van der Waals surface area contributed by atoms with Crippen molar-refractivity contribution in [3.63, 3.8) is 0 Å². The van der Waals surface area contributed by atoms with E-state index in [0.29, 0.717) is 27.9 Å². The van der Waals surface area contributed by atoms with Crippen LogP contribution in [0.2, 0.25) is 5.02 Å². The third-order valence-corrected chi connectivity index (χ3v) is 3.88. The van der Waals surface area contributed by atoms with Crippen LogP contribution in [0.1, 0.15) is 16.2 Å². The van der Waals surface area contributed by atoms with Gasteiger partial charge in [0.25, 0.3) is 5.91 Å². The van der Waals surface area contributed by atoms with Crippen molar-refractivity contribution in [3.8, 4) is 22.9 Å². The van der Waals surface area contributed by atoms with Gasteiger partial charge in [-0.1, -0.05) is 16.8 Å². The van der Waals surface area contributed by atoms with Crippen molar-refractivity contribution in [3.05, 3.63) is 58.9 Å². The summed E-state index contributed by atoms with van der Waals surface area (Å²) in [5.74, 6) is 1.40. The van der Waals surface area contributed by atoms with E-state index in [1.165, 1.54) is 7.11 Å². The van der Waals surface area contributed by atoms with E-state index in [-0.39, 0.29) is 18.3 Å². The molecule has 0 bridgehead atoms. The molecule has 1 heterocycles. The Hall–Kier alpha value is -3.06. The highest BCUT2D eigenvalue weighted by molar-refractivity contribution is 6.30. The number of hydrogen-bond donors (Lipinski definition) is 1. The standard InChI is InChI=1S/C18H16ClN3O4/c1-24-13-7-8-14(15(9-13)25-2)18(23)20-10-16-21-17(22-26-16)11-3-5-12(19)6-4-11/h3-9H,10H2,1-2H3,(H,20,23). The molecule has 26 heavy (non-hydrogen) atoms. The number of amides is 1. The van der Waals surface area contributed by atoms with E-state index in [1.807, 2.05) is 0 Å². The van der Waals surface area contributed by atoms with Crippen molar-refractivity contribution in [2.75, 3.05) is 14.2 Å². The molecule has 0 saturated heterocycles. The van der Waals surface area contributed by atoms with Gasteiger partial charge in [0.1, 0.15) is 11.5 Å². The lowest BCUT2D eigenvalue weighted by Crippen LogP contribution is -2.23. The first-order valence-corrected chi connectivity index (χ1v) is 8.07. The molecule has 0 atom stereocenters. The predicted molar refractivity (Wildman–Crippen MR) is 95.5 cm³/mol. The Morgan fingerprint density at radius 1 is 1.15 bits per heavy atom. The van der Waals surface area contributed by atoms with Crippen LogP contribution in [0.15, 0.2) is 47.0 Å². The molecule has 1 amide bonds. The van der Waals surface area contributed by atoms with Crippen LogP contribution in [0, 0.1) is 0 Å². The Balaban J connectivity index is 1.68. The van der Waals surface area contributed by atoms with E-state index in [4.69, 9.17) is 25.6 Å². The summed E-state index contributed by atoms with van der Waals surface area (Å²) in [6.45, 7) is 0.0919. The molecule has 0 spiro atoms. The normalized spacial score (nSPS) is 10.4. The lowest BCUT2D eigenvalue weighted by atomic mass is 10.1. The fourth-order valence-electron chi connectivity index (χ4n) is 2.28. The summed E-state index contributed by atoms with van der Waals surface area (Å²) in [6, 6.07) is 12.0. The van der Waals surface area contributed by atoms with Crippen LogP contribution in [-0.2, 0) is 6.54 Å². The van der Waals surface area contributed by atoms with Gasteiger partial charge >= 0.3 is 0 Å². The number of halogens is 1. The Morgan fingerprint density at radius 3 is 2.62 bits per heavy atom. The van der Waals surface area contributed by atoms with Crippen molar-refractivity contribution in [1.82, 2.24) is 15.5 Å². The molecule has 3 aromatic rings. The molecular formula is C18H16ClN3O4. The number of nitrogens with one attached hydrogen (secondary N) is 1. The highest BCUT2D eigenvalue weighted by Crippen LogP contribution is 2.24. The van der Waals surface area contributed by atoms with Gasteiger partial charge in [-0.3, -0.25) is 4.79 Å². The molecule has 0 fully saturated rings. The maximum Gasteiger partial charge on any atom is 0.255 e. The molecular weight excluding hydrogens is 358 g/mol. The Bertz CT molecular complexity index is 909. The summed E-state index contributed by atoms with van der Waals surface area (Å²) in [5, 5.41) is 7.25. The van der Waals surface area contributed by atoms with Crippen LogP contribution in [0.5, 0.6) is 11.5 Å². The molecule has 0 aliphatic carbocycles. The van der Waals surface area contributed by atoms with E-state index in [9.17, 15) is 4.79 Å². The SMILES string of the molecule is COc1ccc(C(=O)NCc2nc(-c3ccc(Cl)cc3)no2)c(OC)c1. The summed E-state index contributed by atoms with van der Waals surface area (Å²) in [5.41, 5.74) is 1.15. The molecule has 3 rings (SSSR count). The first-order valence-electron chi connectivity index (χ1n) is 7.69. The van der Waals surface area contributed by atoms with Gasteiger partial charge in [-0.05, 0) is 36.4 Å². The van der Waals surface area contributed by atoms with Gasteiger partial charge in [0.2, 0.25) is 11.7 Å². The van der Waals surface area contributed by atoms with Gasteiger partial charge in [0.15, 0.2) is 0 Å². The van der Waals surface area contributed by atoms with Crippen LogP contribution in [-0.4, -0.2) is 30.3 Å². The molecule has 0 unspecified atom stereocenters. The Labute approximate surface area is 154 Å². The van der Waals surface area contributed by atoms with Crippen LogP contribution in [0.4, 0.5) is 0 Å². The molecule has 8 heteroatoms. The maximum atomic E-state index is 12.4. The molecule has 1 N–H and O–H groups in total. The summed E-state index contributed by atoms with van der Waals surface area (Å²) in [4.78, 5) is 16.6. The third kappa shape index (κ3) is 3.94. The van der Waals surface area contributed by atoms with Crippen molar-refractivity contribution < 1.29 is 18.8 Å². The van der Waals surface area contributed by atoms with Gasteiger partial charge in [0, 0.05) is 16.7 Å². The molecule has 7 nitrogen and oxygen atoms in total. The predicted octanol–water partition coefficient (Wildman–Crippen LogP) is 3.34. The van der Waals surface area contributed by atoms with E-state index >= 15 is 0 Å². The number of ether oxygens (including phenoxy) is 2. The van der Waals surface area contributed by atoms with Crippen molar-refractivity contribution >= 4 is 17.5 Å². The monoisotopic (exact) mass is 373 g/mol. The van der Waals surface area contributed by atoms with E-state index in [0.717, 1.165) is 5.56 Å². The van der Waals surface area contributed by atoms with E-state index in [2.05, 4.69) is 15.5 Å². The number of hydrogen-bond acceptors (Lipinski definition) is 6. The number of carbonyl (C=O) groups is 1. The van der Waals surface area contributed by atoms with Crippen LogP contribution >= 0.6 is 11.6 Å². The van der Waals surface area contributed by atoms with Crippen molar-refractivity contribution in [2.24, 2.45) is 0 Å². The van der Waals surface area contributed by atoms with Crippen LogP contribution < -0.4 is 14.8 Å². The van der Waals surface area contributed by atoms with E-state index < -0.39 is 0 Å². The lowest BCUT2D eigenvalue weighted by Gasteiger charge is -2.09. The highest BCUT2D eigenvalue weighted by atomic mass is 35.5. The lowest BCUT2D eigenvalue weighted by molar-refractivity contribution is 0.0943. The highest BCUT2D eigenvalue weighted by Gasteiger charge is 2.15. The maximum absolute atomic E-state index is 12.4.